The van der Waals surface area contributed by atoms with Crippen LogP contribution in [-0.4, -0.2) is 47.4 Å². The molecule has 2 fully saturated rings. The molecule has 116 valence electrons. The summed E-state index contributed by atoms with van der Waals surface area (Å²) in [5.41, 5.74) is 1.03. The zero-order chi connectivity index (χ0) is 14.7. The zero-order valence-electron chi connectivity index (χ0n) is 13.0. The Balaban J connectivity index is 1.61. The van der Waals surface area contributed by atoms with E-state index in [1.165, 1.54) is 38.6 Å². The molecule has 0 amide bonds. The standard InChI is InChI=1S/C16H26N4O/c1-18-8-3-2-6-14(18)7-11-20-16(21)12-15(13-17-20)19-9-4-5-10-19/h12-14H,2-11H2,1H3/t14-/m0/s1. The Morgan fingerprint density at radius 2 is 1.95 bits per heavy atom. The highest BCUT2D eigenvalue weighted by Crippen LogP contribution is 2.19. The molecular weight excluding hydrogens is 264 g/mol. The van der Waals surface area contributed by atoms with Gasteiger partial charge in [0.1, 0.15) is 0 Å². The van der Waals surface area contributed by atoms with Crippen molar-refractivity contribution >= 4 is 5.69 Å². The average molecular weight is 290 g/mol. The lowest BCUT2D eigenvalue weighted by Crippen LogP contribution is -2.37. The quantitative estimate of drug-likeness (QED) is 0.846. The Hall–Kier alpha value is -1.36. The van der Waals surface area contributed by atoms with Gasteiger partial charge in [0.15, 0.2) is 0 Å². The van der Waals surface area contributed by atoms with Gasteiger partial charge in [-0.1, -0.05) is 6.42 Å². The monoisotopic (exact) mass is 290 g/mol. The highest BCUT2D eigenvalue weighted by atomic mass is 16.1. The summed E-state index contributed by atoms with van der Waals surface area (Å²) in [6.07, 6.45) is 9.18. The van der Waals surface area contributed by atoms with Gasteiger partial charge in [0, 0.05) is 31.7 Å². The number of rotatable bonds is 4. The fourth-order valence-electron chi connectivity index (χ4n) is 3.52. The van der Waals surface area contributed by atoms with Gasteiger partial charge in [0.2, 0.25) is 0 Å². The molecule has 1 aromatic heterocycles. The molecular formula is C16H26N4O. The second-order valence-electron chi connectivity index (χ2n) is 6.39. The molecule has 2 aliphatic heterocycles. The summed E-state index contributed by atoms with van der Waals surface area (Å²) >= 11 is 0. The Morgan fingerprint density at radius 1 is 1.19 bits per heavy atom. The van der Waals surface area contributed by atoms with E-state index in [0.29, 0.717) is 6.04 Å². The van der Waals surface area contributed by atoms with Gasteiger partial charge in [-0.2, -0.15) is 5.10 Å². The second-order valence-corrected chi connectivity index (χ2v) is 6.39. The summed E-state index contributed by atoms with van der Waals surface area (Å²) in [4.78, 5) is 16.9. The summed E-state index contributed by atoms with van der Waals surface area (Å²) in [7, 11) is 2.19. The minimum absolute atomic E-state index is 0.0397. The molecule has 5 heteroatoms. The maximum absolute atomic E-state index is 12.2. The van der Waals surface area contributed by atoms with Crippen LogP contribution in [0.3, 0.4) is 0 Å². The first kappa shape index (κ1) is 14.6. The molecule has 0 saturated carbocycles. The molecule has 1 atom stereocenters. The molecule has 2 aliphatic rings. The first-order chi connectivity index (χ1) is 10.2. The summed E-state index contributed by atoms with van der Waals surface area (Å²) in [6, 6.07) is 2.36. The molecule has 2 saturated heterocycles. The number of aryl methyl sites for hydroxylation is 1. The lowest BCUT2D eigenvalue weighted by atomic mass is 10.0. The normalized spacial score (nSPS) is 23.7. The fourth-order valence-corrected chi connectivity index (χ4v) is 3.52. The van der Waals surface area contributed by atoms with E-state index in [4.69, 9.17) is 0 Å². The maximum atomic E-state index is 12.2. The topological polar surface area (TPSA) is 41.4 Å². The van der Waals surface area contributed by atoms with Crippen LogP contribution < -0.4 is 10.5 Å². The Labute approximate surface area is 126 Å². The molecule has 0 aliphatic carbocycles. The SMILES string of the molecule is CN1CCCC[C@H]1CCn1ncc(N2CCCC2)cc1=O. The average Bonchev–Trinajstić information content (AvgIpc) is 3.02. The van der Waals surface area contributed by atoms with Crippen molar-refractivity contribution < 1.29 is 0 Å². The molecule has 3 heterocycles. The van der Waals surface area contributed by atoms with Crippen molar-refractivity contribution in [1.82, 2.24) is 14.7 Å². The van der Waals surface area contributed by atoms with E-state index in [-0.39, 0.29) is 5.56 Å². The molecule has 0 aromatic carbocycles. The minimum atomic E-state index is 0.0397. The molecule has 0 unspecified atom stereocenters. The van der Waals surface area contributed by atoms with E-state index in [2.05, 4.69) is 21.9 Å². The van der Waals surface area contributed by atoms with Crippen molar-refractivity contribution in [1.29, 1.82) is 0 Å². The Bertz CT molecular complexity index is 521. The van der Waals surface area contributed by atoms with E-state index < -0.39 is 0 Å². The first-order valence-corrected chi connectivity index (χ1v) is 8.26. The Kier molecular flexibility index (Phi) is 4.58. The third kappa shape index (κ3) is 3.46. The zero-order valence-corrected chi connectivity index (χ0v) is 13.0. The van der Waals surface area contributed by atoms with Gasteiger partial charge in [0.25, 0.3) is 5.56 Å². The van der Waals surface area contributed by atoms with Crippen molar-refractivity contribution in [2.45, 2.75) is 51.1 Å². The van der Waals surface area contributed by atoms with Crippen LogP contribution in [0.4, 0.5) is 5.69 Å². The van der Waals surface area contributed by atoms with Crippen molar-refractivity contribution in [2.75, 3.05) is 31.6 Å². The van der Waals surface area contributed by atoms with Gasteiger partial charge in [-0.05, 0) is 45.7 Å². The molecule has 0 spiro atoms. The number of likely N-dealkylation sites (tertiary alicyclic amines) is 1. The lowest BCUT2D eigenvalue weighted by Gasteiger charge is -2.32. The van der Waals surface area contributed by atoms with E-state index in [0.717, 1.165) is 31.7 Å². The van der Waals surface area contributed by atoms with E-state index >= 15 is 0 Å². The van der Waals surface area contributed by atoms with Crippen LogP contribution in [0.1, 0.15) is 38.5 Å². The summed E-state index contributed by atoms with van der Waals surface area (Å²) in [5, 5.41) is 4.38. The first-order valence-electron chi connectivity index (χ1n) is 8.26. The van der Waals surface area contributed by atoms with Crippen molar-refractivity contribution in [2.24, 2.45) is 0 Å². The molecule has 5 nitrogen and oxygen atoms in total. The molecule has 0 radical (unpaired) electrons. The molecule has 0 N–H and O–H groups in total. The predicted octanol–water partition coefficient (Wildman–Crippen LogP) is 1.72. The smallest absolute Gasteiger partial charge is 0.268 e. The summed E-state index contributed by atoms with van der Waals surface area (Å²) in [5.74, 6) is 0. The van der Waals surface area contributed by atoms with Crippen LogP contribution in [0.2, 0.25) is 0 Å². The van der Waals surface area contributed by atoms with Gasteiger partial charge in [-0.15, -0.1) is 0 Å². The number of hydrogen-bond acceptors (Lipinski definition) is 4. The van der Waals surface area contributed by atoms with E-state index in [1.54, 1.807) is 10.7 Å². The minimum Gasteiger partial charge on any atom is -0.370 e. The highest BCUT2D eigenvalue weighted by Gasteiger charge is 2.19. The number of hydrogen-bond donors (Lipinski definition) is 0. The number of aromatic nitrogens is 2. The van der Waals surface area contributed by atoms with Crippen LogP contribution >= 0.6 is 0 Å². The number of nitrogens with zero attached hydrogens (tertiary/aromatic N) is 4. The second kappa shape index (κ2) is 6.60. The van der Waals surface area contributed by atoms with Gasteiger partial charge < -0.3 is 9.80 Å². The molecule has 21 heavy (non-hydrogen) atoms. The van der Waals surface area contributed by atoms with E-state index in [9.17, 15) is 4.79 Å². The molecule has 1 aromatic rings. The van der Waals surface area contributed by atoms with Crippen molar-refractivity contribution in [3.05, 3.63) is 22.6 Å². The molecule has 3 rings (SSSR count). The molecule has 0 bridgehead atoms. The summed E-state index contributed by atoms with van der Waals surface area (Å²) < 4.78 is 1.63. The van der Waals surface area contributed by atoms with Gasteiger partial charge in [0.05, 0.1) is 11.9 Å². The van der Waals surface area contributed by atoms with Crippen LogP contribution in [-0.2, 0) is 6.54 Å². The maximum Gasteiger partial charge on any atom is 0.268 e. The Morgan fingerprint density at radius 3 is 2.67 bits per heavy atom. The predicted molar refractivity (Wildman–Crippen MR) is 84.8 cm³/mol. The number of piperidine rings is 1. The largest absolute Gasteiger partial charge is 0.370 e. The third-order valence-electron chi connectivity index (χ3n) is 4.92. The van der Waals surface area contributed by atoms with Gasteiger partial charge in [-0.25, -0.2) is 4.68 Å². The van der Waals surface area contributed by atoms with Crippen LogP contribution in [0.15, 0.2) is 17.1 Å². The van der Waals surface area contributed by atoms with Crippen LogP contribution in [0, 0.1) is 0 Å². The van der Waals surface area contributed by atoms with E-state index in [1.807, 2.05) is 6.20 Å². The summed E-state index contributed by atoms with van der Waals surface area (Å²) in [6.45, 7) is 4.02. The third-order valence-corrected chi connectivity index (χ3v) is 4.92. The highest BCUT2D eigenvalue weighted by molar-refractivity contribution is 5.43. The van der Waals surface area contributed by atoms with Crippen LogP contribution in [0.5, 0.6) is 0 Å². The van der Waals surface area contributed by atoms with Crippen molar-refractivity contribution in [3.8, 4) is 0 Å². The van der Waals surface area contributed by atoms with Gasteiger partial charge >= 0.3 is 0 Å². The van der Waals surface area contributed by atoms with Gasteiger partial charge in [-0.3, -0.25) is 4.79 Å². The van der Waals surface area contributed by atoms with Crippen molar-refractivity contribution in [3.63, 3.8) is 0 Å². The lowest BCUT2D eigenvalue weighted by molar-refractivity contribution is 0.169. The van der Waals surface area contributed by atoms with Crippen LogP contribution in [0.25, 0.3) is 0 Å². The fraction of sp³-hybridized carbons (Fsp3) is 0.750. The number of anilines is 1.